The smallest absolute Gasteiger partial charge is 0.150 e. The maximum Gasteiger partial charge on any atom is 0.150 e. The van der Waals surface area contributed by atoms with Gasteiger partial charge in [-0.1, -0.05) is 11.6 Å². The summed E-state index contributed by atoms with van der Waals surface area (Å²) in [7, 11) is 0. The Labute approximate surface area is 107 Å². The van der Waals surface area contributed by atoms with Crippen LogP contribution in [-0.4, -0.2) is 24.2 Å². The maximum atomic E-state index is 5.81. The average molecular weight is 256 g/mol. The van der Waals surface area contributed by atoms with Gasteiger partial charge in [-0.05, 0) is 37.8 Å². The van der Waals surface area contributed by atoms with Crippen LogP contribution in [0.25, 0.3) is 0 Å². The molecule has 17 heavy (non-hydrogen) atoms. The maximum absolute atomic E-state index is 5.81. The molecular formula is C12H18ClN3O. The van der Waals surface area contributed by atoms with Gasteiger partial charge in [0.15, 0.2) is 5.82 Å². The van der Waals surface area contributed by atoms with E-state index in [-0.39, 0.29) is 0 Å². The second kappa shape index (κ2) is 6.07. The van der Waals surface area contributed by atoms with Crippen molar-refractivity contribution in [3.8, 4) is 0 Å². The van der Waals surface area contributed by atoms with Gasteiger partial charge in [-0.3, -0.25) is 0 Å². The normalized spacial score (nSPS) is 20.2. The zero-order valence-electron chi connectivity index (χ0n) is 9.79. The van der Waals surface area contributed by atoms with Crippen LogP contribution in [0, 0.1) is 0 Å². The summed E-state index contributed by atoms with van der Waals surface area (Å²) in [6.07, 6.45) is 4.96. The van der Waals surface area contributed by atoms with E-state index >= 15 is 0 Å². The van der Waals surface area contributed by atoms with Gasteiger partial charge >= 0.3 is 0 Å². The molecule has 0 radical (unpaired) electrons. The Morgan fingerprint density at radius 1 is 1.47 bits per heavy atom. The number of hydrogen-bond acceptors (Lipinski definition) is 4. The summed E-state index contributed by atoms with van der Waals surface area (Å²) >= 11 is 5.81. The minimum Gasteiger partial charge on any atom is -0.396 e. The monoisotopic (exact) mass is 255 g/mol. The van der Waals surface area contributed by atoms with Crippen LogP contribution in [0.5, 0.6) is 0 Å². The molecule has 5 heteroatoms. The number of aromatic nitrogens is 1. The Balaban J connectivity index is 1.79. The second-order valence-electron chi connectivity index (χ2n) is 4.28. The summed E-state index contributed by atoms with van der Waals surface area (Å²) in [5, 5.41) is 3.65. The first-order chi connectivity index (χ1) is 8.25. The highest BCUT2D eigenvalue weighted by Crippen LogP contribution is 2.19. The van der Waals surface area contributed by atoms with Crippen molar-refractivity contribution in [3.63, 3.8) is 0 Å². The number of halogens is 1. The van der Waals surface area contributed by atoms with Gasteiger partial charge in [0.1, 0.15) is 5.15 Å². The molecule has 1 aliphatic rings. The minimum absolute atomic E-state index is 0.372. The summed E-state index contributed by atoms with van der Waals surface area (Å²) in [5.41, 5.74) is 6.42. The quantitative estimate of drug-likeness (QED) is 0.812. The molecule has 2 heterocycles. The van der Waals surface area contributed by atoms with Gasteiger partial charge in [-0.15, -0.1) is 0 Å². The SMILES string of the molecule is Nc1ccc(Cl)nc1NCCC1CCCCO1. The lowest BCUT2D eigenvalue weighted by atomic mass is 10.1. The summed E-state index contributed by atoms with van der Waals surface area (Å²) in [6.45, 7) is 1.70. The highest BCUT2D eigenvalue weighted by molar-refractivity contribution is 6.29. The summed E-state index contributed by atoms with van der Waals surface area (Å²) in [6, 6.07) is 3.45. The lowest BCUT2D eigenvalue weighted by Gasteiger charge is -2.22. The van der Waals surface area contributed by atoms with E-state index in [4.69, 9.17) is 22.1 Å². The molecule has 1 fully saturated rings. The Morgan fingerprint density at radius 3 is 3.12 bits per heavy atom. The van der Waals surface area contributed by atoms with Crippen molar-refractivity contribution in [2.45, 2.75) is 31.8 Å². The van der Waals surface area contributed by atoms with E-state index < -0.39 is 0 Å². The van der Waals surface area contributed by atoms with E-state index in [2.05, 4.69) is 10.3 Å². The minimum atomic E-state index is 0.372. The van der Waals surface area contributed by atoms with Crippen molar-refractivity contribution < 1.29 is 4.74 Å². The van der Waals surface area contributed by atoms with Crippen LogP contribution < -0.4 is 11.1 Å². The molecule has 94 valence electrons. The Kier molecular flexibility index (Phi) is 4.45. The molecule has 0 bridgehead atoms. The van der Waals surface area contributed by atoms with Gasteiger partial charge < -0.3 is 15.8 Å². The van der Waals surface area contributed by atoms with Crippen LogP contribution in [0.4, 0.5) is 11.5 Å². The fraction of sp³-hybridized carbons (Fsp3) is 0.583. The van der Waals surface area contributed by atoms with Crippen molar-refractivity contribution in [1.29, 1.82) is 0 Å². The van der Waals surface area contributed by atoms with E-state index in [1.807, 2.05) is 0 Å². The van der Waals surface area contributed by atoms with E-state index in [1.54, 1.807) is 12.1 Å². The molecule has 0 aliphatic carbocycles. The van der Waals surface area contributed by atoms with Crippen molar-refractivity contribution >= 4 is 23.1 Å². The number of nitrogens with zero attached hydrogens (tertiary/aromatic N) is 1. The molecule has 2 rings (SSSR count). The molecule has 1 atom stereocenters. The van der Waals surface area contributed by atoms with Crippen LogP contribution in [-0.2, 0) is 4.74 Å². The van der Waals surface area contributed by atoms with Crippen molar-refractivity contribution in [2.75, 3.05) is 24.2 Å². The molecule has 1 aliphatic heterocycles. The highest BCUT2D eigenvalue weighted by Gasteiger charge is 2.13. The molecule has 1 aromatic heterocycles. The third kappa shape index (κ3) is 3.75. The third-order valence-corrected chi connectivity index (χ3v) is 3.14. The number of hydrogen-bond donors (Lipinski definition) is 2. The van der Waals surface area contributed by atoms with Gasteiger partial charge in [0.2, 0.25) is 0 Å². The van der Waals surface area contributed by atoms with Gasteiger partial charge in [0, 0.05) is 13.2 Å². The van der Waals surface area contributed by atoms with Crippen LogP contribution in [0.1, 0.15) is 25.7 Å². The first-order valence-corrected chi connectivity index (χ1v) is 6.41. The van der Waals surface area contributed by atoms with Gasteiger partial charge in [-0.25, -0.2) is 4.98 Å². The third-order valence-electron chi connectivity index (χ3n) is 2.93. The summed E-state index contributed by atoms with van der Waals surface area (Å²) in [5.74, 6) is 0.660. The van der Waals surface area contributed by atoms with Crippen LogP contribution in [0.3, 0.4) is 0 Å². The van der Waals surface area contributed by atoms with Gasteiger partial charge in [0.25, 0.3) is 0 Å². The molecular weight excluding hydrogens is 238 g/mol. The number of anilines is 2. The standard InChI is InChI=1S/C12H18ClN3O/c13-11-5-4-10(14)12(16-11)15-7-6-9-3-1-2-8-17-9/h4-5,9H,1-3,6-8,14H2,(H,15,16). The molecule has 0 amide bonds. The highest BCUT2D eigenvalue weighted by atomic mass is 35.5. The fourth-order valence-electron chi connectivity index (χ4n) is 1.97. The first kappa shape index (κ1) is 12.5. The van der Waals surface area contributed by atoms with Crippen molar-refractivity contribution in [3.05, 3.63) is 17.3 Å². The fourth-order valence-corrected chi connectivity index (χ4v) is 2.12. The molecule has 0 aromatic carbocycles. The van der Waals surface area contributed by atoms with Crippen LogP contribution >= 0.6 is 11.6 Å². The largest absolute Gasteiger partial charge is 0.396 e. The van der Waals surface area contributed by atoms with Crippen LogP contribution in [0.15, 0.2) is 12.1 Å². The average Bonchev–Trinajstić information content (AvgIpc) is 2.35. The Bertz CT molecular complexity index is 367. The topological polar surface area (TPSA) is 60.2 Å². The lowest BCUT2D eigenvalue weighted by molar-refractivity contribution is 0.0134. The molecule has 0 spiro atoms. The van der Waals surface area contributed by atoms with E-state index in [0.717, 1.165) is 26.0 Å². The number of nitrogens with one attached hydrogen (secondary N) is 1. The number of nitrogens with two attached hydrogens (primary N) is 1. The zero-order valence-corrected chi connectivity index (χ0v) is 10.5. The second-order valence-corrected chi connectivity index (χ2v) is 4.66. The first-order valence-electron chi connectivity index (χ1n) is 6.03. The number of pyridine rings is 1. The van der Waals surface area contributed by atoms with E-state index in [0.29, 0.717) is 22.8 Å². The van der Waals surface area contributed by atoms with E-state index in [9.17, 15) is 0 Å². The summed E-state index contributed by atoms with van der Waals surface area (Å²) < 4.78 is 5.65. The molecule has 3 N–H and O–H groups in total. The molecule has 1 unspecified atom stereocenters. The van der Waals surface area contributed by atoms with Crippen molar-refractivity contribution in [1.82, 2.24) is 4.98 Å². The molecule has 4 nitrogen and oxygen atoms in total. The van der Waals surface area contributed by atoms with E-state index in [1.165, 1.54) is 12.8 Å². The summed E-state index contributed by atoms with van der Waals surface area (Å²) in [4.78, 5) is 4.14. The van der Waals surface area contributed by atoms with Gasteiger partial charge in [-0.2, -0.15) is 0 Å². The number of ether oxygens (including phenoxy) is 1. The zero-order chi connectivity index (χ0) is 12.1. The molecule has 0 saturated carbocycles. The van der Waals surface area contributed by atoms with Crippen molar-refractivity contribution in [2.24, 2.45) is 0 Å². The number of nitrogen functional groups attached to an aromatic ring is 1. The van der Waals surface area contributed by atoms with Gasteiger partial charge in [0.05, 0.1) is 11.8 Å². The van der Waals surface area contributed by atoms with Crippen LogP contribution in [0.2, 0.25) is 5.15 Å². The predicted molar refractivity (Wildman–Crippen MR) is 70.4 cm³/mol. The molecule has 1 aromatic rings. The Morgan fingerprint density at radius 2 is 2.35 bits per heavy atom. The lowest BCUT2D eigenvalue weighted by Crippen LogP contribution is -2.22. The number of rotatable bonds is 4. The Hall–Kier alpha value is -1.00. The predicted octanol–water partition coefficient (Wildman–Crippen LogP) is 2.69. The molecule has 1 saturated heterocycles.